The summed E-state index contributed by atoms with van der Waals surface area (Å²) in [4.78, 5) is 9.15. The quantitative estimate of drug-likeness (QED) is 0.669. The molecule has 4 nitrogen and oxygen atoms in total. The maximum Gasteiger partial charge on any atom is 0.191 e. The Kier molecular flexibility index (Phi) is 5.90. The minimum atomic E-state index is 0.718. The van der Waals surface area contributed by atoms with Crippen molar-refractivity contribution in [2.45, 2.75) is 33.1 Å². The standard InChI is InChI=1S/C17H28N4/c1-3-20(16-10-6-5-9-15(16)2)14-11-19-17(18)21-12-7-4-8-13-21/h5-6,9-10H,3-4,7-8,11-14H2,1-2H3,(H2,18,19). The lowest BCUT2D eigenvalue weighted by atomic mass is 10.1. The summed E-state index contributed by atoms with van der Waals surface area (Å²) < 4.78 is 0. The Morgan fingerprint density at radius 3 is 2.62 bits per heavy atom. The first-order valence-electron chi connectivity index (χ1n) is 8.08. The normalized spacial score (nSPS) is 16.1. The van der Waals surface area contributed by atoms with Crippen LogP contribution in [0.4, 0.5) is 5.69 Å². The highest BCUT2D eigenvalue weighted by Gasteiger charge is 2.12. The van der Waals surface area contributed by atoms with E-state index in [4.69, 9.17) is 5.73 Å². The molecule has 0 unspecified atom stereocenters. The monoisotopic (exact) mass is 288 g/mol. The molecule has 1 aliphatic rings. The van der Waals surface area contributed by atoms with Crippen molar-refractivity contribution < 1.29 is 0 Å². The van der Waals surface area contributed by atoms with Crippen molar-refractivity contribution in [2.75, 3.05) is 37.6 Å². The van der Waals surface area contributed by atoms with Crippen LogP contribution in [0, 0.1) is 6.92 Å². The van der Waals surface area contributed by atoms with Crippen molar-refractivity contribution in [3.05, 3.63) is 29.8 Å². The minimum absolute atomic E-state index is 0.718. The topological polar surface area (TPSA) is 44.9 Å². The summed E-state index contributed by atoms with van der Waals surface area (Å²) in [6.45, 7) is 9.12. The molecule has 0 amide bonds. The molecule has 116 valence electrons. The molecule has 1 heterocycles. The molecule has 0 aliphatic carbocycles. The number of nitrogens with zero attached hydrogens (tertiary/aromatic N) is 3. The van der Waals surface area contributed by atoms with Gasteiger partial charge in [-0.1, -0.05) is 18.2 Å². The number of rotatable bonds is 5. The van der Waals surface area contributed by atoms with Gasteiger partial charge in [0.25, 0.3) is 0 Å². The van der Waals surface area contributed by atoms with E-state index in [9.17, 15) is 0 Å². The fourth-order valence-corrected chi connectivity index (χ4v) is 2.88. The van der Waals surface area contributed by atoms with E-state index in [0.29, 0.717) is 0 Å². The third kappa shape index (κ3) is 4.38. The van der Waals surface area contributed by atoms with Crippen molar-refractivity contribution in [3.8, 4) is 0 Å². The van der Waals surface area contributed by atoms with Crippen LogP contribution in [0.2, 0.25) is 0 Å². The number of aliphatic imine (C=N–C) groups is 1. The summed E-state index contributed by atoms with van der Waals surface area (Å²) >= 11 is 0. The Hall–Kier alpha value is -1.71. The number of hydrogen-bond donors (Lipinski definition) is 1. The molecule has 4 heteroatoms. The van der Waals surface area contributed by atoms with Gasteiger partial charge in [-0.15, -0.1) is 0 Å². The maximum absolute atomic E-state index is 6.10. The van der Waals surface area contributed by atoms with Gasteiger partial charge in [0, 0.05) is 31.9 Å². The summed E-state index contributed by atoms with van der Waals surface area (Å²) in [5, 5.41) is 0. The SMILES string of the molecule is CCN(CCN=C(N)N1CCCCC1)c1ccccc1C. The first-order chi connectivity index (χ1) is 10.2. The lowest BCUT2D eigenvalue weighted by molar-refractivity contribution is 0.338. The predicted octanol–water partition coefficient (Wildman–Crippen LogP) is 2.62. The van der Waals surface area contributed by atoms with Crippen LogP contribution in [0.25, 0.3) is 0 Å². The lowest BCUT2D eigenvalue weighted by Crippen LogP contribution is -2.41. The first-order valence-corrected chi connectivity index (χ1v) is 8.08. The van der Waals surface area contributed by atoms with Gasteiger partial charge in [0.05, 0.1) is 6.54 Å². The van der Waals surface area contributed by atoms with Gasteiger partial charge >= 0.3 is 0 Å². The Balaban J connectivity index is 1.89. The number of para-hydroxylation sites is 1. The molecule has 1 fully saturated rings. The molecule has 2 N–H and O–H groups in total. The number of piperidine rings is 1. The first kappa shape index (κ1) is 15.7. The van der Waals surface area contributed by atoms with Crippen LogP contribution in [-0.4, -0.2) is 43.6 Å². The van der Waals surface area contributed by atoms with Crippen molar-refractivity contribution in [1.29, 1.82) is 0 Å². The van der Waals surface area contributed by atoms with E-state index in [1.165, 1.54) is 30.5 Å². The van der Waals surface area contributed by atoms with E-state index in [1.807, 2.05) is 0 Å². The molecule has 1 aliphatic heterocycles. The highest BCUT2D eigenvalue weighted by atomic mass is 15.3. The van der Waals surface area contributed by atoms with Crippen molar-refractivity contribution >= 4 is 11.6 Å². The van der Waals surface area contributed by atoms with Crippen LogP contribution in [0.5, 0.6) is 0 Å². The van der Waals surface area contributed by atoms with Crippen LogP contribution in [0.1, 0.15) is 31.7 Å². The van der Waals surface area contributed by atoms with Crippen LogP contribution in [0.3, 0.4) is 0 Å². The fourth-order valence-electron chi connectivity index (χ4n) is 2.88. The van der Waals surface area contributed by atoms with E-state index in [1.54, 1.807) is 0 Å². The zero-order valence-corrected chi connectivity index (χ0v) is 13.4. The second-order valence-electron chi connectivity index (χ2n) is 5.65. The molecular formula is C17H28N4. The molecule has 1 saturated heterocycles. The van der Waals surface area contributed by atoms with Crippen molar-refractivity contribution in [1.82, 2.24) is 4.90 Å². The van der Waals surface area contributed by atoms with E-state index < -0.39 is 0 Å². The highest BCUT2D eigenvalue weighted by molar-refractivity contribution is 5.78. The van der Waals surface area contributed by atoms with Crippen LogP contribution >= 0.6 is 0 Å². The Morgan fingerprint density at radius 1 is 1.24 bits per heavy atom. The molecule has 2 rings (SSSR count). The molecule has 0 aromatic heterocycles. The number of benzene rings is 1. The number of guanidine groups is 1. The van der Waals surface area contributed by atoms with Gasteiger partial charge in [0.2, 0.25) is 0 Å². The number of hydrogen-bond acceptors (Lipinski definition) is 2. The van der Waals surface area contributed by atoms with Crippen LogP contribution < -0.4 is 10.6 Å². The zero-order chi connectivity index (χ0) is 15.1. The van der Waals surface area contributed by atoms with Gasteiger partial charge in [-0.25, -0.2) is 0 Å². The largest absolute Gasteiger partial charge is 0.370 e. The molecule has 1 aromatic carbocycles. The van der Waals surface area contributed by atoms with E-state index in [0.717, 1.165) is 38.7 Å². The summed E-state index contributed by atoms with van der Waals surface area (Å²) in [5.74, 6) is 0.718. The van der Waals surface area contributed by atoms with Gasteiger partial charge in [-0.2, -0.15) is 0 Å². The fraction of sp³-hybridized carbons (Fsp3) is 0.588. The number of anilines is 1. The second kappa shape index (κ2) is 7.91. The van der Waals surface area contributed by atoms with Gasteiger partial charge in [-0.05, 0) is 44.7 Å². The summed E-state index contributed by atoms with van der Waals surface area (Å²) in [6.07, 6.45) is 3.79. The smallest absolute Gasteiger partial charge is 0.191 e. The predicted molar refractivity (Wildman–Crippen MR) is 91.0 cm³/mol. The number of likely N-dealkylation sites (tertiary alicyclic amines) is 1. The minimum Gasteiger partial charge on any atom is -0.370 e. The van der Waals surface area contributed by atoms with Crippen molar-refractivity contribution in [3.63, 3.8) is 0 Å². The molecule has 0 spiro atoms. The van der Waals surface area contributed by atoms with Crippen molar-refractivity contribution in [2.24, 2.45) is 10.7 Å². The molecule has 0 radical (unpaired) electrons. The summed E-state index contributed by atoms with van der Waals surface area (Å²) in [6, 6.07) is 8.51. The number of aryl methyl sites for hydroxylation is 1. The highest BCUT2D eigenvalue weighted by Crippen LogP contribution is 2.18. The Labute approximate surface area is 128 Å². The molecule has 0 bridgehead atoms. The molecule has 1 aromatic rings. The number of nitrogens with two attached hydrogens (primary N) is 1. The van der Waals surface area contributed by atoms with Gasteiger partial charge in [0.1, 0.15) is 0 Å². The molecule has 21 heavy (non-hydrogen) atoms. The van der Waals surface area contributed by atoms with Crippen LogP contribution in [-0.2, 0) is 0 Å². The van der Waals surface area contributed by atoms with E-state index in [2.05, 4.69) is 52.9 Å². The average Bonchev–Trinajstić information content (AvgIpc) is 2.53. The zero-order valence-electron chi connectivity index (χ0n) is 13.4. The third-order valence-corrected chi connectivity index (χ3v) is 4.16. The van der Waals surface area contributed by atoms with Gasteiger partial charge in [0.15, 0.2) is 5.96 Å². The third-order valence-electron chi connectivity index (χ3n) is 4.16. The van der Waals surface area contributed by atoms with Gasteiger partial charge < -0.3 is 15.5 Å². The molecule has 0 saturated carbocycles. The molecule has 0 atom stereocenters. The van der Waals surface area contributed by atoms with E-state index >= 15 is 0 Å². The molecular weight excluding hydrogens is 260 g/mol. The Bertz CT molecular complexity index is 464. The Morgan fingerprint density at radius 2 is 1.95 bits per heavy atom. The van der Waals surface area contributed by atoms with Gasteiger partial charge in [-0.3, -0.25) is 4.99 Å². The summed E-state index contributed by atoms with van der Waals surface area (Å²) in [5.41, 5.74) is 8.71. The lowest BCUT2D eigenvalue weighted by Gasteiger charge is -2.28. The van der Waals surface area contributed by atoms with Crippen LogP contribution in [0.15, 0.2) is 29.3 Å². The average molecular weight is 288 g/mol. The second-order valence-corrected chi connectivity index (χ2v) is 5.65. The van der Waals surface area contributed by atoms with E-state index in [-0.39, 0.29) is 0 Å². The summed E-state index contributed by atoms with van der Waals surface area (Å²) in [7, 11) is 0. The number of likely N-dealkylation sites (N-methyl/N-ethyl adjacent to an activating group) is 1. The maximum atomic E-state index is 6.10.